The number of carbonyl (C=O) groups excluding carboxylic acids is 2. The number of methoxy groups -OCH3 is 1. The third-order valence-electron chi connectivity index (χ3n) is 3.82. The summed E-state index contributed by atoms with van der Waals surface area (Å²) in [5.41, 5.74) is 0.719. The summed E-state index contributed by atoms with van der Waals surface area (Å²) < 4.78 is 9.83. The summed E-state index contributed by atoms with van der Waals surface area (Å²) in [6.07, 6.45) is -0.716. The van der Waals surface area contributed by atoms with Crippen LogP contribution in [0.3, 0.4) is 0 Å². The van der Waals surface area contributed by atoms with Crippen molar-refractivity contribution in [3.8, 4) is 5.75 Å². The quantitative estimate of drug-likeness (QED) is 0.529. The van der Waals surface area contributed by atoms with Gasteiger partial charge in [-0.3, -0.25) is 14.9 Å². The number of ether oxygens (including phenoxy) is 2. The second-order valence-electron chi connectivity index (χ2n) is 5.72. The lowest BCUT2D eigenvalue weighted by molar-refractivity contribution is -0.385. The van der Waals surface area contributed by atoms with E-state index >= 15 is 0 Å². The van der Waals surface area contributed by atoms with E-state index < -0.39 is 23.0 Å². The topological polar surface area (TPSA) is 120 Å². The predicted octanol–water partition coefficient (Wildman–Crippen LogP) is 3.42. The molecular formula is C19H21N3O6. The fourth-order valence-electron chi connectivity index (χ4n) is 2.56. The molecule has 148 valence electrons. The molecule has 2 rings (SSSR count). The van der Waals surface area contributed by atoms with Gasteiger partial charge < -0.3 is 20.1 Å². The molecule has 0 saturated heterocycles. The standard InChI is InChI=1S/C19H21N3O6/c1-3-28-19(24)21-15(13-7-5-4-6-8-13)12-18(23)20-14-9-10-17(27-2)16(11-14)22(25)26/h4-11,15H,3,12H2,1-2H3,(H,20,23)(H,21,24)/t15-/m1/s1. The Morgan fingerprint density at radius 2 is 1.89 bits per heavy atom. The fraction of sp³-hybridized carbons (Fsp3) is 0.263. The number of hydrogen-bond acceptors (Lipinski definition) is 6. The number of hydrogen-bond donors (Lipinski definition) is 2. The lowest BCUT2D eigenvalue weighted by atomic mass is 10.0. The maximum absolute atomic E-state index is 12.5. The van der Waals surface area contributed by atoms with Gasteiger partial charge in [-0.1, -0.05) is 30.3 Å². The van der Waals surface area contributed by atoms with Crippen LogP contribution in [0.2, 0.25) is 0 Å². The number of nitro groups is 1. The maximum atomic E-state index is 12.5. The fourth-order valence-corrected chi connectivity index (χ4v) is 2.56. The van der Waals surface area contributed by atoms with Crippen molar-refractivity contribution >= 4 is 23.4 Å². The van der Waals surface area contributed by atoms with E-state index in [0.717, 1.165) is 5.56 Å². The van der Waals surface area contributed by atoms with Gasteiger partial charge >= 0.3 is 11.8 Å². The number of benzene rings is 2. The molecular weight excluding hydrogens is 366 g/mol. The Hall–Kier alpha value is -3.62. The van der Waals surface area contributed by atoms with Gasteiger partial charge in [0.15, 0.2) is 5.75 Å². The summed E-state index contributed by atoms with van der Waals surface area (Å²) in [6, 6.07) is 12.5. The molecule has 0 aromatic heterocycles. The first-order chi connectivity index (χ1) is 13.4. The van der Waals surface area contributed by atoms with Crippen LogP contribution in [0.1, 0.15) is 24.9 Å². The molecule has 2 N–H and O–H groups in total. The van der Waals surface area contributed by atoms with E-state index in [9.17, 15) is 19.7 Å². The highest BCUT2D eigenvalue weighted by atomic mass is 16.6. The lowest BCUT2D eigenvalue weighted by Crippen LogP contribution is -2.32. The molecule has 9 heteroatoms. The van der Waals surface area contributed by atoms with E-state index in [2.05, 4.69) is 10.6 Å². The number of rotatable bonds is 8. The van der Waals surface area contributed by atoms with Crippen molar-refractivity contribution in [3.63, 3.8) is 0 Å². The SMILES string of the molecule is CCOC(=O)N[C@H](CC(=O)Nc1ccc(OC)c([N+](=O)[O-])c1)c1ccccc1. The summed E-state index contributed by atoms with van der Waals surface area (Å²) in [5.74, 6) is -0.334. The Labute approximate surface area is 161 Å². The smallest absolute Gasteiger partial charge is 0.407 e. The van der Waals surface area contributed by atoms with Crippen molar-refractivity contribution in [2.24, 2.45) is 0 Å². The molecule has 1 atom stereocenters. The Morgan fingerprint density at radius 1 is 1.18 bits per heavy atom. The van der Waals surface area contributed by atoms with Gasteiger partial charge in [0.25, 0.3) is 0 Å². The summed E-state index contributed by atoms with van der Waals surface area (Å²) in [6.45, 7) is 1.88. The third-order valence-corrected chi connectivity index (χ3v) is 3.82. The first kappa shape index (κ1) is 20.7. The van der Waals surface area contributed by atoms with Gasteiger partial charge in [-0.2, -0.15) is 0 Å². The van der Waals surface area contributed by atoms with E-state index in [1.54, 1.807) is 31.2 Å². The first-order valence-corrected chi connectivity index (χ1v) is 8.55. The normalized spacial score (nSPS) is 11.2. The number of nitro benzene ring substituents is 1. The number of nitrogens with zero attached hydrogens (tertiary/aromatic N) is 1. The Balaban J connectivity index is 2.14. The minimum atomic E-state index is -0.635. The molecule has 0 radical (unpaired) electrons. The van der Waals surface area contributed by atoms with Crippen molar-refractivity contribution < 1.29 is 24.0 Å². The molecule has 2 aromatic rings. The van der Waals surface area contributed by atoms with Gasteiger partial charge in [-0.05, 0) is 24.6 Å². The average Bonchev–Trinajstić information content (AvgIpc) is 2.68. The van der Waals surface area contributed by atoms with E-state index in [4.69, 9.17) is 9.47 Å². The molecule has 0 saturated carbocycles. The highest BCUT2D eigenvalue weighted by molar-refractivity contribution is 5.92. The van der Waals surface area contributed by atoms with E-state index in [0.29, 0.717) is 0 Å². The number of amides is 2. The molecule has 9 nitrogen and oxygen atoms in total. The largest absolute Gasteiger partial charge is 0.490 e. The second-order valence-corrected chi connectivity index (χ2v) is 5.72. The van der Waals surface area contributed by atoms with Gasteiger partial charge in [0, 0.05) is 11.8 Å². The first-order valence-electron chi connectivity index (χ1n) is 8.55. The van der Waals surface area contributed by atoms with E-state index in [1.165, 1.54) is 25.3 Å². The monoisotopic (exact) mass is 387 g/mol. The van der Waals surface area contributed by atoms with Gasteiger partial charge in [0.05, 0.1) is 31.1 Å². The summed E-state index contributed by atoms with van der Waals surface area (Å²) in [5, 5.41) is 16.4. The highest BCUT2D eigenvalue weighted by Crippen LogP contribution is 2.30. The molecule has 0 aliphatic rings. The Kier molecular flexibility index (Phi) is 7.32. The zero-order valence-corrected chi connectivity index (χ0v) is 15.5. The van der Waals surface area contributed by atoms with Crippen LogP contribution >= 0.6 is 0 Å². The van der Waals surface area contributed by atoms with Crippen LogP contribution in [0.25, 0.3) is 0 Å². The van der Waals surface area contributed by atoms with Crippen LogP contribution in [0.4, 0.5) is 16.2 Å². The maximum Gasteiger partial charge on any atom is 0.407 e. The molecule has 28 heavy (non-hydrogen) atoms. The third kappa shape index (κ3) is 5.70. The minimum absolute atomic E-state index is 0.0807. The van der Waals surface area contributed by atoms with Crippen LogP contribution in [-0.2, 0) is 9.53 Å². The van der Waals surface area contributed by atoms with Crippen molar-refractivity contribution in [2.75, 3.05) is 19.0 Å². The number of alkyl carbamates (subject to hydrolysis) is 1. The number of carbonyl (C=O) groups is 2. The van der Waals surface area contributed by atoms with Crippen molar-refractivity contribution in [1.29, 1.82) is 0 Å². The summed E-state index contributed by atoms with van der Waals surface area (Å²) in [4.78, 5) is 34.8. The second kappa shape index (κ2) is 9.91. The van der Waals surface area contributed by atoms with Crippen LogP contribution in [-0.4, -0.2) is 30.6 Å². The zero-order valence-electron chi connectivity index (χ0n) is 15.5. The molecule has 2 aromatic carbocycles. The zero-order chi connectivity index (χ0) is 20.5. The molecule has 0 unspecified atom stereocenters. The molecule has 0 aliphatic carbocycles. The molecule has 0 bridgehead atoms. The minimum Gasteiger partial charge on any atom is -0.490 e. The number of anilines is 1. The van der Waals surface area contributed by atoms with Gasteiger partial charge in [-0.15, -0.1) is 0 Å². The molecule has 0 fully saturated rings. The van der Waals surface area contributed by atoms with Crippen LogP contribution in [0.5, 0.6) is 5.75 Å². The lowest BCUT2D eigenvalue weighted by Gasteiger charge is -2.18. The van der Waals surface area contributed by atoms with Gasteiger partial charge in [0.2, 0.25) is 5.91 Å². The molecule has 0 spiro atoms. The van der Waals surface area contributed by atoms with E-state index in [-0.39, 0.29) is 30.2 Å². The predicted molar refractivity (Wildman–Crippen MR) is 102 cm³/mol. The van der Waals surface area contributed by atoms with Crippen molar-refractivity contribution in [2.45, 2.75) is 19.4 Å². The number of nitrogens with one attached hydrogen (secondary N) is 2. The molecule has 0 aliphatic heterocycles. The molecule has 0 heterocycles. The van der Waals surface area contributed by atoms with Crippen LogP contribution in [0.15, 0.2) is 48.5 Å². The van der Waals surface area contributed by atoms with Crippen LogP contribution < -0.4 is 15.4 Å². The molecule has 2 amide bonds. The Morgan fingerprint density at radius 3 is 2.50 bits per heavy atom. The van der Waals surface area contributed by atoms with Gasteiger partial charge in [0.1, 0.15) is 0 Å². The highest BCUT2D eigenvalue weighted by Gasteiger charge is 2.20. The van der Waals surface area contributed by atoms with Crippen LogP contribution in [0, 0.1) is 10.1 Å². The Bertz CT molecular complexity index is 841. The van der Waals surface area contributed by atoms with Gasteiger partial charge in [-0.25, -0.2) is 4.79 Å². The van der Waals surface area contributed by atoms with Crippen molar-refractivity contribution in [1.82, 2.24) is 5.32 Å². The summed E-state index contributed by atoms with van der Waals surface area (Å²) in [7, 11) is 1.33. The van der Waals surface area contributed by atoms with Crippen molar-refractivity contribution in [3.05, 3.63) is 64.2 Å². The summed E-state index contributed by atoms with van der Waals surface area (Å²) >= 11 is 0. The average molecular weight is 387 g/mol. The van der Waals surface area contributed by atoms with E-state index in [1.807, 2.05) is 6.07 Å².